The fourth-order valence-corrected chi connectivity index (χ4v) is 2.49. The highest BCUT2D eigenvalue weighted by molar-refractivity contribution is 6.17. The average molecular weight is 303 g/mol. The lowest BCUT2D eigenvalue weighted by molar-refractivity contribution is 0.401. The number of rotatable bonds is 4. The van der Waals surface area contributed by atoms with E-state index in [2.05, 4.69) is 34.0 Å². The van der Waals surface area contributed by atoms with Crippen LogP contribution in [0.25, 0.3) is 16.9 Å². The Labute approximate surface area is 127 Å². The fourth-order valence-electron chi connectivity index (χ4n) is 2.31. The molecular formula is C15H15ClN4O. The van der Waals surface area contributed by atoms with Crippen LogP contribution in [-0.4, -0.2) is 26.6 Å². The summed E-state index contributed by atoms with van der Waals surface area (Å²) in [7, 11) is 1.57. The quantitative estimate of drug-likeness (QED) is 0.695. The highest BCUT2D eigenvalue weighted by atomic mass is 35.5. The van der Waals surface area contributed by atoms with E-state index in [1.54, 1.807) is 7.11 Å². The summed E-state index contributed by atoms with van der Waals surface area (Å²) in [6.07, 6.45) is 2.47. The molecular weight excluding hydrogens is 288 g/mol. The first-order valence-corrected chi connectivity index (χ1v) is 7.23. The number of aromatic nitrogens is 4. The van der Waals surface area contributed by atoms with Crippen molar-refractivity contribution in [3.63, 3.8) is 0 Å². The Morgan fingerprint density at radius 2 is 1.95 bits per heavy atom. The van der Waals surface area contributed by atoms with E-state index in [-0.39, 0.29) is 5.88 Å². The Balaban J connectivity index is 2.24. The second kappa shape index (κ2) is 5.69. The molecule has 3 rings (SSSR count). The zero-order valence-corrected chi connectivity index (χ0v) is 12.6. The number of aryl methyl sites for hydroxylation is 1. The van der Waals surface area contributed by atoms with Gasteiger partial charge in [-0.15, -0.1) is 11.6 Å². The van der Waals surface area contributed by atoms with Crippen LogP contribution in [0.2, 0.25) is 0 Å². The first-order valence-electron chi connectivity index (χ1n) is 6.70. The van der Waals surface area contributed by atoms with Crippen molar-refractivity contribution in [2.75, 3.05) is 7.11 Å². The van der Waals surface area contributed by atoms with Gasteiger partial charge in [0.05, 0.1) is 13.0 Å². The number of nitrogens with zero attached hydrogens (tertiary/aromatic N) is 4. The van der Waals surface area contributed by atoms with Gasteiger partial charge in [-0.05, 0) is 24.1 Å². The average Bonchev–Trinajstić information content (AvgIpc) is 2.93. The maximum atomic E-state index is 6.04. The summed E-state index contributed by atoms with van der Waals surface area (Å²) in [5, 5.41) is 0. The lowest BCUT2D eigenvalue weighted by Gasteiger charge is -2.08. The van der Waals surface area contributed by atoms with Crippen molar-refractivity contribution < 1.29 is 4.74 Å². The number of benzene rings is 1. The topological polar surface area (TPSA) is 52.8 Å². The first kappa shape index (κ1) is 13.8. The highest BCUT2D eigenvalue weighted by Gasteiger charge is 2.16. The van der Waals surface area contributed by atoms with Crippen molar-refractivity contribution in [2.24, 2.45) is 0 Å². The smallest absolute Gasteiger partial charge is 0.245 e. The summed E-state index contributed by atoms with van der Waals surface area (Å²) in [4.78, 5) is 12.9. The Hall–Kier alpha value is -2.14. The Morgan fingerprint density at radius 1 is 1.19 bits per heavy atom. The van der Waals surface area contributed by atoms with E-state index >= 15 is 0 Å². The lowest BCUT2D eigenvalue weighted by Crippen LogP contribution is -2.00. The van der Waals surface area contributed by atoms with Crippen LogP contribution in [0.3, 0.4) is 0 Å². The standard InChI is InChI=1S/C15H15ClN4O/c1-3-10-4-6-11(7-5-10)20-12(8-16)19-13-14(20)17-9-18-15(13)21-2/h4-7,9H,3,8H2,1-2H3. The maximum Gasteiger partial charge on any atom is 0.245 e. The highest BCUT2D eigenvalue weighted by Crippen LogP contribution is 2.26. The van der Waals surface area contributed by atoms with Gasteiger partial charge in [-0.25, -0.2) is 9.97 Å². The minimum Gasteiger partial charge on any atom is -0.479 e. The first-order chi connectivity index (χ1) is 10.3. The lowest BCUT2D eigenvalue weighted by atomic mass is 10.1. The van der Waals surface area contributed by atoms with Crippen LogP contribution in [0, 0.1) is 0 Å². The van der Waals surface area contributed by atoms with Crippen molar-refractivity contribution in [2.45, 2.75) is 19.2 Å². The zero-order chi connectivity index (χ0) is 14.8. The van der Waals surface area contributed by atoms with E-state index in [0.29, 0.717) is 17.0 Å². The molecule has 108 valence electrons. The molecule has 3 aromatic rings. The third-order valence-corrected chi connectivity index (χ3v) is 3.63. The Morgan fingerprint density at radius 3 is 2.57 bits per heavy atom. The van der Waals surface area contributed by atoms with Crippen LogP contribution in [-0.2, 0) is 12.3 Å². The molecule has 0 atom stereocenters. The Bertz CT molecular complexity index is 767. The van der Waals surface area contributed by atoms with Crippen molar-refractivity contribution in [1.82, 2.24) is 19.5 Å². The molecule has 0 fully saturated rings. The number of hydrogen-bond donors (Lipinski definition) is 0. The van der Waals surface area contributed by atoms with E-state index in [9.17, 15) is 0 Å². The molecule has 0 saturated carbocycles. The van der Waals surface area contributed by atoms with Gasteiger partial charge in [0, 0.05) is 5.69 Å². The molecule has 1 aromatic carbocycles. The molecule has 0 aliphatic rings. The predicted octanol–water partition coefficient (Wildman–Crippen LogP) is 3.13. The Kier molecular flexibility index (Phi) is 3.75. The second-order valence-electron chi connectivity index (χ2n) is 4.57. The fraction of sp³-hybridized carbons (Fsp3) is 0.267. The van der Waals surface area contributed by atoms with Crippen LogP contribution in [0.5, 0.6) is 5.88 Å². The minimum atomic E-state index is 0.287. The summed E-state index contributed by atoms with van der Waals surface area (Å²) < 4.78 is 7.18. The van der Waals surface area contributed by atoms with Gasteiger partial charge in [-0.2, -0.15) is 4.98 Å². The summed E-state index contributed by atoms with van der Waals surface area (Å²) >= 11 is 6.04. The van der Waals surface area contributed by atoms with Crippen molar-refractivity contribution in [1.29, 1.82) is 0 Å². The van der Waals surface area contributed by atoms with E-state index in [1.807, 2.05) is 16.7 Å². The van der Waals surface area contributed by atoms with Gasteiger partial charge in [-0.1, -0.05) is 19.1 Å². The predicted molar refractivity (Wildman–Crippen MR) is 82.1 cm³/mol. The van der Waals surface area contributed by atoms with Crippen LogP contribution in [0.1, 0.15) is 18.3 Å². The summed E-state index contributed by atoms with van der Waals surface area (Å²) in [6.45, 7) is 2.13. The molecule has 0 aliphatic carbocycles. The van der Waals surface area contributed by atoms with Gasteiger partial charge in [0.25, 0.3) is 0 Å². The van der Waals surface area contributed by atoms with Gasteiger partial charge in [0.15, 0.2) is 11.2 Å². The van der Waals surface area contributed by atoms with Gasteiger partial charge < -0.3 is 4.74 Å². The summed E-state index contributed by atoms with van der Waals surface area (Å²) in [5.74, 6) is 1.46. The molecule has 0 bridgehead atoms. The van der Waals surface area contributed by atoms with Gasteiger partial charge in [0.2, 0.25) is 5.88 Å². The van der Waals surface area contributed by atoms with Gasteiger partial charge >= 0.3 is 0 Å². The van der Waals surface area contributed by atoms with Crippen LogP contribution < -0.4 is 4.74 Å². The molecule has 0 N–H and O–H groups in total. The minimum absolute atomic E-state index is 0.287. The molecule has 0 radical (unpaired) electrons. The van der Waals surface area contributed by atoms with E-state index < -0.39 is 0 Å². The number of halogens is 1. The van der Waals surface area contributed by atoms with Gasteiger partial charge in [0.1, 0.15) is 12.2 Å². The maximum absolute atomic E-state index is 6.04. The third-order valence-electron chi connectivity index (χ3n) is 3.40. The molecule has 0 aliphatic heterocycles. The SMILES string of the molecule is CCc1ccc(-n2c(CCl)nc3c(OC)ncnc32)cc1. The number of ether oxygens (including phenoxy) is 1. The molecule has 2 heterocycles. The summed E-state index contributed by atoms with van der Waals surface area (Å²) in [6, 6.07) is 8.28. The normalized spacial score (nSPS) is 11.0. The molecule has 0 unspecified atom stereocenters. The number of alkyl halides is 1. The molecule has 21 heavy (non-hydrogen) atoms. The van der Waals surface area contributed by atoms with Crippen LogP contribution in [0.15, 0.2) is 30.6 Å². The zero-order valence-electron chi connectivity index (χ0n) is 11.9. The number of methoxy groups -OCH3 is 1. The monoisotopic (exact) mass is 302 g/mol. The van der Waals surface area contributed by atoms with Crippen LogP contribution >= 0.6 is 11.6 Å². The molecule has 0 spiro atoms. The third kappa shape index (κ3) is 2.34. The number of hydrogen-bond acceptors (Lipinski definition) is 4. The van der Waals surface area contributed by atoms with E-state index in [0.717, 1.165) is 17.9 Å². The van der Waals surface area contributed by atoms with Crippen molar-refractivity contribution >= 4 is 22.8 Å². The number of fused-ring (bicyclic) bond motifs is 1. The molecule has 2 aromatic heterocycles. The molecule has 6 heteroatoms. The largest absolute Gasteiger partial charge is 0.479 e. The summed E-state index contributed by atoms with van der Waals surface area (Å²) in [5.41, 5.74) is 3.57. The second-order valence-corrected chi connectivity index (χ2v) is 4.84. The van der Waals surface area contributed by atoms with Crippen molar-refractivity contribution in [3.05, 3.63) is 42.0 Å². The van der Waals surface area contributed by atoms with Crippen molar-refractivity contribution in [3.8, 4) is 11.6 Å². The number of imidazole rings is 1. The van der Waals surface area contributed by atoms with Gasteiger partial charge in [-0.3, -0.25) is 4.57 Å². The van der Waals surface area contributed by atoms with E-state index in [4.69, 9.17) is 16.3 Å². The van der Waals surface area contributed by atoms with Crippen LogP contribution in [0.4, 0.5) is 0 Å². The van der Waals surface area contributed by atoms with E-state index in [1.165, 1.54) is 11.9 Å². The molecule has 5 nitrogen and oxygen atoms in total. The molecule has 0 amide bonds. The molecule has 0 saturated heterocycles.